The third kappa shape index (κ3) is 4.51. The minimum Gasteiger partial charge on any atom is -0.465 e. The van der Waals surface area contributed by atoms with Gasteiger partial charge in [0, 0.05) is 12.2 Å². The lowest BCUT2D eigenvalue weighted by molar-refractivity contribution is 0.0928. The molecule has 0 aromatic carbocycles. The number of rotatable bonds is 7. The van der Waals surface area contributed by atoms with E-state index in [1.54, 1.807) is 0 Å². The zero-order valence-electron chi connectivity index (χ0n) is 15.3. The number of amides is 1. The maximum atomic E-state index is 12.5. The normalized spacial score (nSPS) is 16.5. The molecule has 1 amide bonds. The summed E-state index contributed by atoms with van der Waals surface area (Å²) in [6.45, 7) is 8.85. The monoisotopic (exact) mass is 344 g/mol. The van der Waals surface area contributed by atoms with Crippen molar-refractivity contribution in [1.82, 2.24) is 20.4 Å². The third-order valence-corrected chi connectivity index (χ3v) is 4.62. The van der Waals surface area contributed by atoms with Crippen LogP contribution in [0.25, 0.3) is 0 Å². The number of hydrogen-bond donors (Lipinski definition) is 2. The Bertz CT molecular complexity index is 698. The lowest BCUT2D eigenvalue weighted by Gasteiger charge is -2.25. The number of nitrogens with one attached hydrogen (secondary N) is 2. The van der Waals surface area contributed by atoms with Gasteiger partial charge >= 0.3 is 0 Å². The van der Waals surface area contributed by atoms with Crippen molar-refractivity contribution in [3.63, 3.8) is 0 Å². The summed E-state index contributed by atoms with van der Waals surface area (Å²) in [6, 6.07) is 5.91. The molecule has 2 N–H and O–H groups in total. The molecule has 2 aromatic rings. The first-order valence-electron chi connectivity index (χ1n) is 9.16. The Balaban J connectivity index is 1.64. The average Bonchev–Trinajstić information content (AvgIpc) is 3.29. The van der Waals surface area contributed by atoms with Crippen molar-refractivity contribution in [2.75, 3.05) is 19.6 Å². The van der Waals surface area contributed by atoms with Crippen molar-refractivity contribution in [1.29, 1.82) is 0 Å². The molecule has 0 aliphatic carbocycles. The van der Waals surface area contributed by atoms with Crippen LogP contribution < -0.4 is 5.32 Å². The Labute approximate surface area is 149 Å². The average molecular weight is 344 g/mol. The Hall–Kier alpha value is -2.08. The van der Waals surface area contributed by atoms with Gasteiger partial charge in [-0.3, -0.25) is 14.8 Å². The fourth-order valence-corrected chi connectivity index (χ4v) is 3.40. The molecule has 1 atom stereocenters. The Morgan fingerprint density at radius 2 is 2.12 bits per heavy atom. The second-order valence-corrected chi connectivity index (χ2v) is 7.29. The molecule has 2 aromatic heterocycles. The van der Waals surface area contributed by atoms with E-state index in [9.17, 15) is 4.79 Å². The van der Waals surface area contributed by atoms with E-state index in [0.717, 1.165) is 36.7 Å². The van der Waals surface area contributed by atoms with Gasteiger partial charge in [-0.15, -0.1) is 0 Å². The SMILES string of the molecule is Cc1ccc(C(CNC(=O)c2cc(CC(C)C)[nH]n2)N2CCCC2)o1. The van der Waals surface area contributed by atoms with Gasteiger partial charge in [0.05, 0.1) is 6.04 Å². The van der Waals surface area contributed by atoms with Gasteiger partial charge < -0.3 is 9.73 Å². The lowest BCUT2D eigenvalue weighted by Crippen LogP contribution is -2.36. The second-order valence-electron chi connectivity index (χ2n) is 7.29. The van der Waals surface area contributed by atoms with Crippen LogP contribution in [0.1, 0.15) is 60.4 Å². The van der Waals surface area contributed by atoms with Crippen LogP contribution in [0.4, 0.5) is 0 Å². The van der Waals surface area contributed by atoms with E-state index >= 15 is 0 Å². The third-order valence-electron chi connectivity index (χ3n) is 4.62. The van der Waals surface area contributed by atoms with Crippen LogP contribution in [0.2, 0.25) is 0 Å². The molecule has 6 heteroatoms. The number of nitrogens with zero attached hydrogens (tertiary/aromatic N) is 2. The van der Waals surface area contributed by atoms with Gasteiger partial charge in [-0.1, -0.05) is 13.8 Å². The highest BCUT2D eigenvalue weighted by Gasteiger charge is 2.26. The molecule has 25 heavy (non-hydrogen) atoms. The molecule has 1 aliphatic heterocycles. The van der Waals surface area contributed by atoms with Crippen molar-refractivity contribution in [2.24, 2.45) is 5.92 Å². The molecule has 1 saturated heterocycles. The van der Waals surface area contributed by atoms with Gasteiger partial charge in [-0.05, 0) is 63.4 Å². The van der Waals surface area contributed by atoms with Gasteiger partial charge in [0.1, 0.15) is 17.2 Å². The van der Waals surface area contributed by atoms with Crippen LogP contribution in [0, 0.1) is 12.8 Å². The van der Waals surface area contributed by atoms with Crippen LogP contribution in [0.15, 0.2) is 22.6 Å². The van der Waals surface area contributed by atoms with Crippen molar-refractivity contribution >= 4 is 5.91 Å². The van der Waals surface area contributed by atoms with Crippen molar-refractivity contribution in [3.8, 4) is 0 Å². The zero-order chi connectivity index (χ0) is 17.8. The number of H-pyrrole nitrogens is 1. The van der Waals surface area contributed by atoms with E-state index < -0.39 is 0 Å². The number of aryl methyl sites for hydroxylation is 1. The standard InChI is InChI=1S/C19H28N4O2/c1-13(2)10-15-11-16(22-21-15)19(24)20-12-17(23-8-4-5-9-23)18-7-6-14(3)25-18/h6-7,11,13,17H,4-5,8-10,12H2,1-3H3,(H,20,24)(H,21,22). The first-order chi connectivity index (χ1) is 12.0. The molecule has 3 heterocycles. The van der Waals surface area contributed by atoms with E-state index in [2.05, 4.69) is 34.3 Å². The van der Waals surface area contributed by atoms with Crippen LogP contribution in [0.3, 0.4) is 0 Å². The van der Waals surface area contributed by atoms with Crippen LogP contribution in [0.5, 0.6) is 0 Å². The molecule has 1 fully saturated rings. The topological polar surface area (TPSA) is 74.2 Å². The molecule has 6 nitrogen and oxygen atoms in total. The first kappa shape index (κ1) is 17.7. The molecule has 1 aliphatic rings. The Morgan fingerprint density at radius 3 is 2.76 bits per heavy atom. The molecule has 3 rings (SSSR count). The molecule has 0 saturated carbocycles. The highest BCUT2D eigenvalue weighted by atomic mass is 16.3. The summed E-state index contributed by atoms with van der Waals surface area (Å²) < 4.78 is 5.83. The second kappa shape index (κ2) is 7.87. The summed E-state index contributed by atoms with van der Waals surface area (Å²) in [5, 5.41) is 10.1. The summed E-state index contributed by atoms with van der Waals surface area (Å²) in [4.78, 5) is 14.8. The molecule has 1 unspecified atom stereocenters. The number of carbonyl (C=O) groups excluding carboxylic acids is 1. The maximum absolute atomic E-state index is 12.5. The highest BCUT2D eigenvalue weighted by Crippen LogP contribution is 2.26. The minimum absolute atomic E-state index is 0.0780. The van der Waals surface area contributed by atoms with E-state index in [4.69, 9.17) is 4.42 Å². The molecular weight excluding hydrogens is 316 g/mol. The minimum atomic E-state index is -0.140. The predicted octanol–water partition coefficient (Wildman–Crippen LogP) is 3.08. The van der Waals surface area contributed by atoms with Gasteiger partial charge in [0.2, 0.25) is 0 Å². The van der Waals surface area contributed by atoms with Crippen molar-refractivity contribution < 1.29 is 9.21 Å². The van der Waals surface area contributed by atoms with Gasteiger partial charge in [0.25, 0.3) is 5.91 Å². The fourth-order valence-electron chi connectivity index (χ4n) is 3.40. The van der Waals surface area contributed by atoms with E-state index in [1.807, 2.05) is 25.1 Å². The van der Waals surface area contributed by atoms with Gasteiger partial charge in [0.15, 0.2) is 0 Å². The van der Waals surface area contributed by atoms with Gasteiger partial charge in [-0.25, -0.2) is 0 Å². The van der Waals surface area contributed by atoms with Crippen LogP contribution in [-0.2, 0) is 6.42 Å². The number of aromatic amines is 1. The van der Waals surface area contributed by atoms with E-state index in [0.29, 0.717) is 18.2 Å². The van der Waals surface area contributed by atoms with E-state index in [-0.39, 0.29) is 11.9 Å². The summed E-state index contributed by atoms with van der Waals surface area (Å²) in [7, 11) is 0. The fraction of sp³-hybridized carbons (Fsp3) is 0.579. The summed E-state index contributed by atoms with van der Waals surface area (Å²) in [5.74, 6) is 2.20. The van der Waals surface area contributed by atoms with Crippen molar-refractivity contribution in [3.05, 3.63) is 41.1 Å². The first-order valence-corrected chi connectivity index (χ1v) is 9.16. The number of aromatic nitrogens is 2. The quantitative estimate of drug-likeness (QED) is 0.809. The lowest BCUT2D eigenvalue weighted by atomic mass is 10.1. The predicted molar refractivity (Wildman–Crippen MR) is 96.5 cm³/mol. The number of likely N-dealkylation sites (tertiary alicyclic amines) is 1. The Kier molecular flexibility index (Phi) is 5.58. The molecule has 0 bridgehead atoms. The van der Waals surface area contributed by atoms with Crippen LogP contribution in [-0.4, -0.2) is 40.6 Å². The largest absolute Gasteiger partial charge is 0.465 e. The highest BCUT2D eigenvalue weighted by molar-refractivity contribution is 5.92. The molecule has 0 radical (unpaired) electrons. The zero-order valence-corrected chi connectivity index (χ0v) is 15.3. The van der Waals surface area contributed by atoms with Gasteiger partial charge in [-0.2, -0.15) is 5.10 Å². The maximum Gasteiger partial charge on any atom is 0.271 e. The number of carbonyl (C=O) groups is 1. The van der Waals surface area contributed by atoms with E-state index in [1.165, 1.54) is 12.8 Å². The van der Waals surface area contributed by atoms with Crippen molar-refractivity contribution in [2.45, 2.75) is 46.1 Å². The molecular formula is C19H28N4O2. The number of furan rings is 1. The summed E-state index contributed by atoms with van der Waals surface area (Å²) >= 11 is 0. The number of hydrogen-bond acceptors (Lipinski definition) is 4. The van der Waals surface area contributed by atoms with Crippen LogP contribution >= 0.6 is 0 Å². The Morgan fingerprint density at radius 1 is 1.36 bits per heavy atom. The summed E-state index contributed by atoms with van der Waals surface area (Å²) in [6.07, 6.45) is 3.28. The smallest absolute Gasteiger partial charge is 0.271 e. The summed E-state index contributed by atoms with van der Waals surface area (Å²) in [5.41, 5.74) is 1.45. The molecule has 136 valence electrons. The molecule has 0 spiro atoms.